The number of hydrogen-bond acceptors (Lipinski definition) is 6. The SMILES string of the molecule is Cc1nc(N/N=C/c2ccc(O)cc2)cc(N2CCCCC2)n1. The summed E-state index contributed by atoms with van der Waals surface area (Å²) in [5.41, 5.74) is 3.86. The average molecular weight is 311 g/mol. The highest BCUT2D eigenvalue weighted by molar-refractivity contribution is 5.80. The number of aryl methyl sites for hydroxylation is 1. The lowest BCUT2D eigenvalue weighted by Gasteiger charge is -2.27. The summed E-state index contributed by atoms with van der Waals surface area (Å²) in [6.45, 7) is 3.99. The van der Waals surface area contributed by atoms with Crippen LogP contribution in [-0.4, -0.2) is 34.4 Å². The molecule has 0 bridgehead atoms. The summed E-state index contributed by atoms with van der Waals surface area (Å²) in [6, 6.07) is 8.79. The van der Waals surface area contributed by atoms with Crippen molar-refractivity contribution in [1.82, 2.24) is 9.97 Å². The first-order valence-electron chi connectivity index (χ1n) is 7.89. The van der Waals surface area contributed by atoms with Gasteiger partial charge in [-0.05, 0) is 56.0 Å². The maximum Gasteiger partial charge on any atom is 0.152 e. The molecule has 0 aliphatic carbocycles. The summed E-state index contributed by atoms with van der Waals surface area (Å²) in [4.78, 5) is 11.2. The molecular formula is C17H21N5O. The van der Waals surface area contributed by atoms with Crippen LogP contribution in [-0.2, 0) is 0 Å². The molecule has 0 spiro atoms. The van der Waals surface area contributed by atoms with E-state index in [1.165, 1.54) is 19.3 Å². The van der Waals surface area contributed by atoms with E-state index < -0.39 is 0 Å². The molecule has 0 atom stereocenters. The van der Waals surface area contributed by atoms with Crippen LogP contribution in [0.5, 0.6) is 5.75 Å². The fourth-order valence-corrected chi connectivity index (χ4v) is 2.63. The van der Waals surface area contributed by atoms with Crippen LogP contribution in [0.15, 0.2) is 35.4 Å². The number of nitrogens with one attached hydrogen (secondary N) is 1. The van der Waals surface area contributed by atoms with Crippen molar-refractivity contribution in [1.29, 1.82) is 0 Å². The number of phenols is 1. The molecule has 0 amide bonds. The maximum absolute atomic E-state index is 9.26. The zero-order chi connectivity index (χ0) is 16.1. The Kier molecular flexibility index (Phi) is 4.71. The standard InChI is InChI=1S/C17H21N5O/c1-13-19-16(11-17(20-13)22-9-3-2-4-10-22)21-18-12-14-5-7-15(23)8-6-14/h5-8,11-12,23H,2-4,9-10H2,1H3,(H,19,20,21)/b18-12+. The highest BCUT2D eigenvalue weighted by Gasteiger charge is 2.13. The second-order valence-electron chi connectivity index (χ2n) is 5.67. The van der Waals surface area contributed by atoms with Gasteiger partial charge in [-0.3, -0.25) is 5.43 Å². The predicted molar refractivity (Wildman–Crippen MR) is 92.2 cm³/mol. The van der Waals surface area contributed by atoms with Gasteiger partial charge in [0.15, 0.2) is 5.82 Å². The normalized spacial score (nSPS) is 15.1. The molecule has 0 unspecified atom stereocenters. The molecule has 6 heteroatoms. The van der Waals surface area contributed by atoms with Crippen molar-refractivity contribution in [2.24, 2.45) is 5.10 Å². The summed E-state index contributed by atoms with van der Waals surface area (Å²) in [5, 5.41) is 13.5. The quantitative estimate of drug-likeness (QED) is 0.671. The van der Waals surface area contributed by atoms with Crippen molar-refractivity contribution < 1.29 is 5.11 Å². The number of piperidine rings is 1. The van der Waals surface area contributed by atoms with Gasteiger partial charge < -0.3 is 10.0 Å². The molecule has 3 rings (SSSR count). The molecule has 1 aliphatic heterocycles. The molecule has 23 heavy (non-hydrogen) atoms. The minimum Gasteiger partial charge on any atom is -0.508 e. The van der Waals surface area contributed by atoms with E-state index in [0.29, 0.717) is 5.82 Å². The van der Waals surface area contributed by atoms with Crippen molar-refractivity contribution >= 4 is 17.9 Å². The number of benzene rings is 1. The van der Waals surface area contributed by atoms with E-state index in [1.807, 2.05) is 13.0 Å². The summed E-state index contributed by atoms with van der Waals surface area (Å²) in [6.07, 6.45) is 5.41. The molecule has 6 nitrogen and oxygen atoms in total. The van der Waals surface area contributed by atoms with Gasteiger partial charge in [-0.2, -0.15) is 5.10 Å². The molecule has 120 valence electrons. The number of hydrogen-bond donors (Lipinski definition) is 2. The second kappa shape index (κ2) is 7.09. The first-order chi connectivity index (χ1) is 11.2. The van der Waals surface area contributed by atoms with Gasteiger partial charge in [0, 0.05) is 19.2 Å². The number of rotatable bonds is 4. The number of phenolic OH excluding ortho intramolecular Hbond substituents is 1. The topological polar surface area (TPSA) is 73.6 Å². The van der Waals surface area contributed by atoms with Gasteiger partial charge >= 0.3 is 0 Å². The van der Waals surface area contributed by atoms with Crippen molar-refractivity contribution in [2.45, 2.75) is 26.2 Å². The summed E-state index contributed by atoms with van der Waals surface area (Å²) in [5.74, 6) is 2.62. The molecular weight excluding hydrogens is 290 g/mol. The minimum absolute atomic E-state index is 0.243. The molecule has 1 aromatic heterocycles. The summed E-state index contributed by atoms with van der Waals surface area (Å²) in [7, 11) is 0. The average Bonchev–Trinajstić information content (AvgIpc) is 2.57. The van der Waals surface area contributed by atoms with E-state index in [-0.39, 0.29) is 5.75 Å². The van der Waals surface area contributed by atoms with Gasteiger partial charge in [0.25, 0.3) is 0 Å². The predicted octanol–water partition coefficient (Wildman–Crippen LogP) is 2.93. The van der Waals surface area contributed by atoms with Crippen LogP contribution in [0.3, 0.4) is 0 Å². The smallest absolute Gasteiger partial charge is 0.152 e. The van der Waals surface area contributed by atoms with Crippen molar-refractivity contribution in [3.05, 3.63) is 41.7 Å². The molecule has 2 heterocycles. The zero-order valence-corrected chi connectivity index (χ0v) is 13.2. The Balaban J connectivity index is 1.69. The van der Waals surface area contributed by atoms with E-state index in [2.05, 4.69) is 25.4 Å². The van der Waals surface area contributed by atoms with Crippen LogP contribution in [0.25, 0.3) is 0 Å². The lowest BCUT2D eigenvalue weighted by Crippen LogP contribution is -2.30. The van der Waals surface area contributed by atoms with Gasteiger partial charge in [0.2, 0.25) is 0 Å². The van der Waals surface area contributed by atoms with E-state index in [9.17, 15) is 5.11 Å². The lowest BCUT2D eigenvalue weighted by atomic mass is 10.1. The summed E-state index contributed by atoms with van der Waals surface area (Å²) < 4.78 is 0. The zero-order valence-electron chi connectivity index (χ0n) is 13.2. The van der Waals surface area contributed by atoms with Crippen LogP contribution < -0.4 is 10.3 Å². The monoisotopic (exact) mass is 311 g/mol. The molecule has 0 radical (unpaired) electrons. The molecule has 1 fully saturated rings. The fourth-order valence-electron chi connectivity index (χ4n) is 2.63. The van der Waals surface area contributed by atoms with Crippen molar-refractivity contribution in [3.8, 4) is 5.75 Å². The van der Waals surface area contributed by atoms with Crippen LogP contribution >= 0.6 is 0 Å². The Morgan fingerprint density at radius 3 is 2.61 bits per heavy atom. The molecule has 1 aromatic carbocycles. The third kappa shape index (κ3) is 4.18. The number of aromatic nitrogens is 2. The van der Waals surface area contributed by atoms with Crippen LogP contribution in [0.2, 0.25) is 0 Å². The first-order valence-corrected chi connectivity index (χ1v) is 7.89. The first kappa shape index (κ1) is 15.3. The van der Waals surface area contributed by atoms with Crippen molar-refractivity contribution in [3.63, 3.8) is 0 Å². The highest BCUT2D eigenvalue weighted by atomic mass is 16.3. The van der Waals surface area contributed by atoms with Gasteiger partial charge in [-0.15, -0.1) is 0 Å². The summed E-state index contributed by atoms with van der Waals surface area (Å²) >= 11 is 0. The van der Waals surface area contributed by atoms with Gasteiger partial charge in [0.05, 0.1) is 6.21 Å². The Morgan fingerprint density at radius 2 is 1.87 bits per heavy atom. The van der Waals surface area contributed by atoms with Gasteiger partial charge in [0.1, 0.15) is 17.4 Å². The maximum atomic E-state index is 9.26. The van der Waals surface area contributed by atoms with Gasteiger partial charge in [-0.1, -0.05) is 0 Å². The van der Waals surface area contributed by atoms with E-state index >= 15 is 0 Å². The molecule has 1 saturated heterocycles. The van der Waals surface area contributed by atoms with Crippen LogP contribution in [0.1, 0.15) is 30.7 Å². The largest absolute Gasteiger partial charge is 0.508 e. The number of nitrogens with zero attached hydrogens (tertiary/aromatic N) is 4. The molecule has 0 saturated carbocycles. The fraction of sp³-hybridized carbons (Fsp3) is 0.353. The number of hydrazone groups is 1. The third-order valence-corrected chi connectivity index (χ3v) is 3.79. The van der Waals surface area contributed by atoms with Crippen LogP contribution in [0.4, 0.5) is 11.6 Å². The van der Waals surface area contributed by atoms with E-state index in [1.54, 1.807) is 30.5 Å². The van der Waals surface area contributed by atoms with E-state index in [4.69, 9.17) is 0 Å². The molecule has 2 N–H and O–H groups in total. The van der Waals surface area contributed by atoms with E-state index in [0.717, 1.165) is 30.3 Å². The molecule has 1 aliphatic rings. The van der Waals surface area contributed by atoms with Crippen molar-refractivity contribution in [2.75, 3.05) is 23.4 Å². The Morgan fingerprint density at radius 1 is 1.13 bits per heavy atom. The lowest BCUT2D eigenvalue weighted by molar-refractivity contribution is 0.475. The number of aromatic hydroxyl groups is 1. The minimum atomic E-state index is 0.243. The second-order valence-corrected chi connectivity index (χ2v) is 5.67. The Labute approximate surface area is 135 Å². The van der Waals surface area contributed by atoms with Gasteiger partial charge in [-0.25, -0.2) is 9.97 Å². The number of anilines is 2. The molecule has 2 aromatic rings. The Bertz CT molecular complexity index is 678. The Hall–Kier alpha value is -2.63. The van der Waals surface area contributed by atoms with Crippen LogP contribution in [0, 0.1) is 6.92 Å². The highest BCUT2D eigenvalue weighted by Crippen LogP contribution is 2.20. The third-order valence-electron chi connectivity index (χ3n) is 3.79.